The lowest BCUT2D eigenvalue weighted by atomic mass is 10.1. The maximum atomic E-state index is 12.3. The van der Waals surface area contributed by atoms with Crippen molar-refractivity contribution in [2.45, 2.75) is 19.7 Å². The van der Waals surface area contributed by atoms with Gasteiger partial charge < -0.3 is 19.7 Å². The van der Waals surface area contributed by atoms with Crippen molar-refractivity contribution in [1.29, 1.82) is 0 Å². The molecule has 5 nitrogen and oxygen atoms in total. The molecule has 2 aromatic rings. The van der Waals surface area contributed by atoms with Crippen LogP contribution in [0.1, 0.15) is 21.5 Å². The average molecular weight is 365 g/mol. The molecule has 0 saturated heterocycles. The van der Waals surface area contributed by atoms with Crippen molar-refractivity contribution in [1.82, 2.24) is 5.32 Å². The highest BCUT2D eigenvalue weighted by molar-refractivity contribution is 5.94. The number of hydrogen-bond acceptors (Lipinski definition) is 3. The summed E-state index contributed by atoms with van der Waals surface area (Å²) in [6, 6.07) is 12.1. The fourth-order valence-electron chi connectivity index (χ4n) is 2.47. The zero-order chi connectivity index (χ0) is 19.1. The Kier molecular flexibility index (Phi) is 6.91. The van der Waals surface area contributed by atoms with Crippen LogP contribution in [-0.2, 0) is 13.1 Å². The molecular formula is C19H23F2N2O3+. The molecule has 0 heterocycles. The first-order valence-electron chi connectivity index (χ1n) is 8.17. The summed E-state index contributed by atoms with van der Waals surface area (Å²) >= 11 is 0. The van der Waals surface area contributed by atoms with Crippen molar-refractivity contribution in [3.63, 3.8) is 0 Å². The summed E-state index contributed by atoms with van der Waals surface area (Å²) in [5.74, 6) is -0.361. The zero-order valence-electron chi connectivity index (χ0n) is 15.0. The first kappa shape index (κ1) is 19.7. The second kappa shape index (κ2) is 9.15. The van der Waals surface area contributed by atoms with Gasteiger partial charge in [-0.25, -0.2) is 0 Å². The van der Waals surface area contributed by atoms with E-state index in [1.54, 1.807) is 0 Å². The molecule has 1 amide bonds. The minimum Gasteiger partial charge on any atom is -0.493 e. The maximum absolute atomic E-state index is 12.3. The topological polar surface area (TPSA) is 52.0 Å². The van der Waals surface area contributed by atoms with E-state index in [1.807, 2.05) is 24.3 Å². The Bertz CT molecular complexity index is 734. The predicted molar refractivity (Wildman–Crippen MR) is 93.8 cm³/mol. The number of rotatable bonds is 8. The van der Waals surface area contributed by atoms with Gasteiger partial charge in [-0.3, -0.25) is 4.79 Å². The van der Waals surface area contributed by atoms with E-state index in [0.717, 1.165) is 12.1 Å². The third-order valence-electron chi connectivity index (χ3n) is 3.68. The number of alkyl halides is 2. The van der Waals surface area contributed by atoms with Gasteiger partial charge in [-0.15, -0.1) is 0 Å². The summed E-state index contributed by atoms with van der Waals surface area (Å²) in [5, 5.41) is 2.80. The Labute approximate surface area is 151 Å². The van der Waals surface area contributed by atoms with Crippen LogP contribution in [0, 0.1) is 0 Å². The van der Waals surface area contributed by atoms with E-state index in [9.17, 15) is 13.6 Å². The van der Waals surface area contributed by atoms with E-state index in [1.165, 1.54) is 35.8 Å². The van der Waals surface area contributed by atoms with Gasteiger partial charge in [0.1, 0.15) is 6.54 Å². The Balaban J connectivity index is 1.99. The van der Waals surface area contributed by atoms with Crippen molar-refractivity contribution >= 4 is 5.91 Å². The second-order valence-electron chi connectivity index (χ2n) is 6.13. The molecular weight excluding hydrogens is 342 g/mol. The van der Waals surface area contributed by atoms with Crippen molar-refractivity contribution in [3.8, 4) is 11.5 Å². The highest BCUT2D eigenvalue weighted by atomic mass is 19.3. The Morgan fingerprint density at radius 1 is 1.08 bits per heavy atom. The third kappa shape index (κ3) is 5.70. The quantitative estimate of drug-likeness (QED) is 0.751. The largest absolute Gasteiger partial charge is 0.493 e. The summed E-state index contributed by atoms with van der Waals surface area (Å²) in [6.07, 6.45) is 0. The fraction of sp³-hybridized carbons (Fsp3) is 0.316. The number of carbonyl (C=O) groups is 1. The Morgan fingerprint density at radius 2 is 1.73 bits per heavy atom. The first-order chi connectivity index (χ1) is 12.4. The molecule has 0 aliphatic heterocycles. The zero-order valence-corrected chi connectivity index (χ0v) is 15.0. The number of methoxy groups -OCH3 is 1. The van der Waals surface area contributed by atoms with Crippen molar-refractivity contribution in [2.24, 2.45) is 0 Å². The SMILES string of the molecule is COc1cc(C(=O)NCc2ccc(C[NH+](C)C)cc2)ccc1OC(F)F. The maximum Gasteiger partial charge on any atom is 0.387 e. The van der Waals surface area contributed by atoms with Gasteiger partial charge in [0.05, 0.1) is 21.2 Å². The lowest BCUT2D eigenvalue weighted by molar-refractivity contribution is -0.872. The van der Waals surface area contributed by atoms with Crippen LogP contribution < -0.4 is 19.7 Å². The molecule has 2 N–H and O–H groups in total. The molecule has 0 bridgehead atoms. The lowest BCUT2D eigenvalue weighted by Crippen LogP contribution is -3.04. The molecule has 0 spiro atoms. The molecule has 26 heavy (non-hydrogen) atoms. The lowest BCUT2D eigenvalue weighted by Gasteiger charge is -2.12. The van der Waals surface area contributed by atoms with Crippen LogP contribution in [0.4, 0.5) is 8.78 Å². The van der Waals surface area contributed by atoms with Crippen LogP contribution in [0.2, 0.25) is 0 Å². The molecule has 0 atom stereocenters. The van der Waals surface area contributed by atoms with E-state index < -0.39 is 6.61 Å². The average Bonchev–Trinajstić information content (AvgIpc) is 2.60. The van der Waals surface area contributed by atoms with Crippen molar-refractivity contribution < 1.29 is 27.9 Å². The number of carbonyl (C=O) groups excluding carboxylic acids is 1. The molecule has 0 fully saturated rings. The standard InChI is InChI=1S/C19H22F2N2O3/c1-23(2)12-14-6-4-13(5-7-14)11-22-18(24)15-8-9-16(26-19(20)21)17(10-15)25-3/h4-10,19H,11-12H2,1-3H3,(H,22,24)/p+1. The summed E-state index contributed by atoms with van der Waals surface area (Å²) in [4.78, 5) is 13.6. The highest BCUT2D eigenvalue weighted by Gasteiger charge is 2.14. The highest BCUT2D eigenvalue weighted by Crippen LogP contribution is 2.29. The second-order valence-corrected chi connectivity index (χ2v) is 6.13. The van der Waals surface area contributed by atoms with Crippen LogP contribution in [0.3, 0.4) is 0 Å². The van der Waals surface area contributed by atoms with Gasteiger partial charge in [-0.2, -0.15) is 8.78 Å². The van der Waals surface area contributed by atoms with Gasteiger partial charge in [-0.1, -0.05) is 24.3 Å². The van der Waals surface area contributed by atoms with Crippen LogP contribution in [-0.4, -0.2) is 33.7 Å². The Morgan fingerprint density at radius 3 is 2.31 bits per heavy atom. The van der Waals surface area contributed by atoms with Crippen LogP contribution in [0.15, 0.2) is 42.5 Å². The summed E-state index contributed by atoms with van der Waals surface area (Å²) in [7, 11) is 5.49. The molecule has 2 rings (SSSR count). The van der Waals surface area contributed by atoms with Gasteiger partial charge in [0.25, 0.3) is 5.91 Å². The predicted octanol–water partition coefficient (Wildman–Crippen LogP) is 1.87. The van der Waals surface area contributed by atoms with Crippen molar-refractivity contribution in [2.75, 3.05) is 21.2 Å². The molecule has 0 aromatic heterocycles. The smallest absolute Gasteiger partial charge is 0.387 e. The van der Waals surface area contributed by atoms with E-state index in [4.69, 9.17) is 4.74 Å². The normalized spacial score (nSPS) is 10.9. The molecule has 0 radical (unpaired) electrons. The van der Waals surface area contributed by atoms with Gasteiger partial charge in [0, 0.05) is 17.7 Å². The molecule has 140 valence electrons. The van der Waals surface area contributed by atoms with Gasteiger partial charge in [0.15, 0.2) is 11.5 Å². The van der Waals surface area contributed by atoms with Crippen molar-refractivity contribution in [3.05, 3.63) is 59.2 Å². The van der Waals surface area contributed by atoms with Gasteiger partial charge >= 0.3 is 6.61 Å². The van der Waals surface area contributed by atoms with E-state index in [2.05, 4.69) is 24.1 Å². The Hall–Kier alpha value is -2.67. The number of nitrogens with one attached hydrogen (secondary N) is 2. The van der Waals surface area contributed by atoms with Crippen LogP contribution in [0.5, 0.6) is 11.5 Å². The first-order valence-corrected chi connectivity index (χ1v) is 8.17. The molecule has 2 aromatic carbocycles. The third-order valence-corrected chi connectivity index (χ3v) is 3.68. The van der Waals surface area contributed by atoms with Crippen LogP contribution >= 0.6 is 0 Å². The van der Waals surface area contributed by atoms with E-state index >= 15 is 0 Å². The molecule has 0 aliphatic rings. The minimum absolute atomic E-state index is 0.0773. The summed E-state index contributed by atoms with van der Waals surface area (Å²) in [5.41, 5.74) is 2.50. The van der Waals surface area contributed by atoms with Gasteiger partial charge in [0.2, 0.25) is 0 Å². The number of quaternary nitrogens is 1. The van der Waals surface area contributed by atoms with Gasteiger partial charge in [-0.05, 0) is 23.8 Å². The molecule has 0 aliphatic carbocycles. The minimum atomic E-state index is -2.96. The number of amides is 1. The van der Waals surface area contributed by atoms with E-state index in [-0.39, 0.29) is 17.4 Å². The number of hydrogen-bond donors (Lipinski definition) is 2. The van der Waals surface area contributed by atoms with Crippen LogP contribution in [0.25, 0.3) is 0 Å². The summed E-state index contributed by atoms with van der Waals surface area (Å²) in [6.45, 7) is -1.66. The summed E-state index contributed by atoms with van der Waals surface area (Å²) < 4.78 is 34.0. The fourth-order valence-corrected chi connectivity index (χ4v) is 2.47. The molecule has 7 heteroatoms. The number of ether oxygens (including phenoxy) is 2. The number of halogens is 2. The molecule has 0 saturated carbocycles. The molecule has 0 unspecified atom stereocenters. The number of benzene rings is 2. The monoisotopic (exact) mass is 365 g/mol. The van der Waals surface area contributed by atoms with E-state index in [0.29, 0.717) is 12.1 Å².